The lowest BCUT2D eigenvalue weighted by molar-refractivity contribution is -0.138. The molecule has 0 aliphatic heterocycles. The molecule has 1 unspecified atom stereocenters. The van der Waals surface area contributed by atoms with Gasteiger partial charge in [-0.25, -0.2) is 4.39 Å². The summed E-state index contributed by atoms with van der Waals surface area (Å²) >= 11 is 3.10. The Balaban J connectivity index is 3.31. The fourth-order valence-corrected chi connectivity index (χ4v) is 2.13. The van der Waals surface area contributed by atoms with Crippen LogP contribution in [0, 0.1) is 5.82 Å². The van der Waals surface area contributed by atoms with Crippen LogP contribution in [0.5, 0.6) is 0 Å². The second-order valence-electron chi connectivity index (χ2n) is 4.19. The Morgan fingerprint density at radius 1 is 1.53 bits per heavy atom. The van der Waals surface area contributed by atoms with E-state index in [1.807, 2.05) is 13.8 Å². The monoisotopic (exact) mass is 303 g/mol. The van der Waals surface area contributed by atoms with Crippen LogP contribution in [0.15, 0.2) is 16.6 Å². The summed E-state index contributed by atoms with van der Waals surface area (Å²) in [5.41, 5.74) is 6.45. The normalized spacial score (nSPS) is 12.8. The van der Waals surface area contributed by atoms with Gasteiger partial charge in [-0.15, -0.1) is 0 Å². The first-order valence-electron chi connectivity index (χ1n) is 5.30. The van der Waals surface area contributed by atoms with Gasteiger partial charge in [0.2, 0.25) is 0 Å². The standard InChI is InChI=1S/C12H15BrFNO2/c1-6(2)8-3-7(4-10(13)11(8)14)9(5-15)12(16)17/h3-4,6,9H,5,15H2,1-2H3,(H,16,17). The van der Waals surface area contributed by atoms with Crippen molar-refractivity contribution < 1.29 is 14.3 Å². The van der Waals surface area contributed by atoms with E-state index in [-0.39, 0.29) is 22.8 Å². The molecule has 1 aromatic rings. The van der Waals surface area contributed by atoms with Crippen LogP contribution in [0.2, 0.25) is 0 Å². The lowest BCUT2D eigenvalue weighted by Gasteiger charge is -2.15. The second kappa shape index (κ2) is 5.60. The third kappa shape index (κ3) is 3.04. The maximum Gasteiger partial charge on any atom is 0.312 e. The van der Waals surface area contributed by atoms with E-state index in [0.29, 0.717) is 11.1 Å². The first-order chi connectivity index (χ1) is 7.88. The lowest BCUT2D eigenvalue weighted by atomic mass is 9.93. The van der Waals surface area contributed by atoms with Crippen LogP contribution in [0.25, 0.3) is 0 Å². The van der Waals surface area contributed by atoms with Gasteiger partial charge >= 0.3 is 5.97 Å². The van der Waals surface area contributed by atoms with Crippen LogP contribution in [0.1, 0.15) is 36.8 Å². The van der Waals surface area contributed by atoms with Gasteiger partial charge in [-0.1, -0.05) is 19.9 Å². The molecule has 0 spiro atoms. The van der Waals surface area contributed by atoms with Gasteiger partial charge in [0.1, 0.15) is 5.82 Å². The van der Waals surface area contributed by atoms with Crippen molar-refractivity contribution in [1.29, 1.82) is 0 Å². The lowest BCUT2D eigenvalue weighted by Crippen LogP contribution is -2.21. The van der Waals surface area contributed by atoms with Crippen LogP contribution in [0.3, 0.4) is 0 Å². The average Bonchev–Trinajstić information content (AvgIpc) is 2.22. The summed E-state index contributed by atoms with van der Waals surface area (Å²) in [6, 6.07) is 3.06. The molecule has 0 radical (unpaired) electrons. The Hall–Kier alpha value is -0.940. The topological polar surface area (TPSA) is 63.3 Å². The highest BCUT2D eigenvalue weighted by atomic mass is 79.9. The molecule has 0 aliphatic rings. The largest absolute Gasteiger partial charge is 0.481 e. The summed E-state index contributed by atoms with van der Waals surface area (Å²) in [5, 5.41) is 9.03. The maximum atomic E-state index is 13.8. The number of nitrogens with two attached hydrogens (primary N) is 1. The molecule has 5 heteroatoms. The number of aliphatic carboxylic acids is 1. The van der Waals surface area contributed by atoms with E-state index in [9.17, 15) is 9.18 Å². The van der Waals surface area contributed by atoms with Gasteiger partial charge < -0.3 is 10.8 Å². The fraction of sp³-hybridized carbons (Fsp3) is 0.417. The molecular weight excluding hydrogens is 289 g/mol. The molecule has 0 saturated heterocycles. The van der Waals surface area contributed by atoms with Gasteiger partial charge in [0.05, 0.1) is 10.4 Å². The van der Waals surface area contributed by atoms with E-state index in [1.54, 1.807) is 6.07 Å². The van der Waals surface area contributed by atoms with Crippen LogP contribution in [-0.4, -0.2) is 17.6 Å². The summed E-state index contributed by atoms with van der Waals surface area (Å²) in [6.45, 7) is 3.70. The molecule has 3 nitrogen and oxygen atoms in total. The van der Waals surface area contributed by atoms with Crippen molar-refractivity contribution in [3.05, 3.63) is 33.5 Å². The van der Waals surface area contributed by atoms with Crippen LogP contribution in [-0.2, 0) is 4.79 Å². The van der Waals surface area contributed by atoms with Crippen molar-refractivity contribution in [2.75, 3.05) is 6.54 Å². The second-order valence-corrected chi connectivity index (χ2v) is 5.04. The average molecular weight is 304 g/mol. The maximum absolute atomic E-state index is 13.8. The Labute approximate surface area is 108 Å². The predicted octanol–water partition coefficient (Wildman–Crippen LogP) is 2.84. The van der Waals surface area contributed by atoms with Gasteiger partial charge in [0.15, 0.2) is 0 Å². The minimum Gasteiger partial charge on any atom is -0.481 e. The summed E-state index contributed by atoms with van der Waals surface area (Å²) < 4.78 is 14.1. The Morgan fingerprint density at radius 3 is 2.53 bits per heavy atom. The molecule has 94 valence electrons. The minimum atomic E-state index is -0.999. The van der Waals surface area contributed by atoms with Crippen LogP contribution < -0.4 is 5.73 Å². The van der Waals surface area contributed by atoms with Crippen molar-refractivity contribution in [3.63, 3.8) is 0 Å². The number of hydrogen-bond acceptors (Lipinski definition) is 2. The van der Waals surface area contributed by atoms with Crippen molar-refractivity contribution in [2.45, 2.75) is 25.7 Å². The smallest absolute Gasteiger partial charge is 0.312 e. The van der Waals surface area contributed by atoms with E-state index in [1.165, 1.54) is 6.07 Å². The van der Waals surface area contributed by atoms with Crippen molar-refractivity contribution in [1.82, 2.24) is 0 Å². The Bertz CT molecular complexity index is 435. The Morgan fingerprint density at radius 2 is 2.12 bits per heavy atom. The number of benzene rings is 1. The summed E-state index contributed by atoms with van der Waals surface area (Å²) in [7, 11) is 0. The SMILES string of the molecule is CC(C)c1cc(C(CN)C(=O)O)cc(Br)c1F. The molecule has 0 heterocycles. The molecule has 0 fully saturated rings. The molecule has 0 saturated carbocycles. The molecule has 0 amide bonds. The quantitative estimate of drug-likeness (QED) is 0.899. The molecule has 3 N–H and O–H groups in total. The Kier molecular flexibility index (Phi) is 4.65. The summed E-state index contributed by atoms with van der Waals surface area (Å²) in [5.74, 6) is -2.16. The van der Waals surface area contributed by atoms with Crippen LogP contribution in [0.4, 0.5) is 4.39 Å². The zero-order valence-corrected chi connectivity index (χ0v) is 11.3. The third-order valence-electron chi connectivity index (χ3n) is 2.64. The number of halogens is 2. The minimum absolute atomic E-state index is 0.00899. The molecule has 1 atom stereocenters. The predicted molar refractivity (Wildman–Crippen MR) is 67.6 cm³/mol. The highest BCUT2D eigenvalue weighted by Gasteiger charge is 2.21. The molecule has 17 heavy (non-hydrogen) atoms. The van der Waals surface area contributed by atoms with E-state index in [2.05, 4.69) is 15.9 Å². The van der Waals surface area contributed by atoms with E-state index >= 15 is 0 Å². The van der Waals surface area contributed by atoms with E-state index in [0.717, 1.165) is 0 Å². The highest BCUT2D eigenvalue weighted by molar-refractivity contribution is 9.10. The molecule has 0 aromatic heterocycles. The zero-order valence-electron chi connectivity index (χ0n) is 9.71. The molecule has 1 rings (SSSR count). The number of carbonyl (C=O) groups is 1. The first-order valence-corrected chi connectivity index (χ1v) is 6.09. The highest BCUT2D eigenvalue weighted by Crippen LogP contribution is 2.29. The number of carboxylic acid groups (broad SMARTS) is 1. The van der Waals surface area contributed by atoms with Gasteiger partial charge in [0, 0.05) is 6.54 Å². The molecular formula is C12H15BrFNO2. The van der Waals surface area contributed by atoms with E-state index in [4.69, 9.17) is 10.8 Å². The van der Waals surface area contributed by atoms with Gasteiger partial charge in [-0.05, 0) is 39.0 Å². The number of rotatable bonds is 4. The third-order valence-corrected chi connectivity index (χ3v) is 3.21. The van der Waals surface area contributed by atoms with Gasteiger partial charge in [-0.3, -0.25) is 4.79 Å². The van der Waals surface area contributed by atoms with Crippen molar-refractivity contribution in [3.8, 4) is 0 Å². The molecule has 1 aromatic carbocycles. The zero-order chi connectivity index (χ0) is 13.2. The first kappa shape index (κ1) is 14.1. The van der Waals surface area contributed by atoms with Gasteiger partial charge in [-0.2, -0.15) is 0 Å². The summed E-state index contributed by atoms with van der Waals surface area (Å²) in [6.07, 6.45) is 0. The van der Waals surface area contributed by atoms with Crippen LogP contribution >= 0.6 is 15.9 Å². The number of hydrogen-bond donors (Lipinski definition) is 2. The molecule has 0 aliphatic carbocycles. The number of carboxylic acids is 1. The molecule has 0 bridgehead atoms. The van der Waals surface area contributed by atoms with Crippen molar-refractivity contribution >= 4 is 21.9 Å². The fourth-order valence-electron chi connectivity index (χ4n) is 1.63. The van der Waals surface area contributed by atoms with E-state index < -0.39 is 11.9 Å². The van der Waals surface area contributed by atoms with Crippen molar-refractivity contribution in [2.24, 2.45) is 5.73 Å². The summed E-state index contributed by atoms with van der Waals surface area (Å²) in [4.78, 5) is 11.0. The van der Waals surface area contributed by atoms with Gasteiger partial charge in [0.25, 0.3) is 0 Å².